The Morgan fingerprint density at radius 2 is 1.71 bits per heavy atom. The highest BCUT2D eigenvalue weighted by Crippen LogP contribution is 2.24. The molecule has 2 heterocycles. The third-order valence-corrected chi connectivity index (χ3v) is 7.09. The first-order valence-electron chi connectivity index (χ1n) is 10.4. The normalized spacial score (nSPS) is 14.3. The van der Waals surface area contributed by atoms with Gasteiger partial charge in [-0.25, -0.2) is 4.98 Å². The van der Waals surface area contributed by atoms with Crippen molar-refractivity contribution in [2.24, 2.45) is 0 Å². The Hall–Kier alpha value is -2.15. The summed E-state index contributed by atoms with van der Waals surface area (Å²) in [5.74, 6) is 0.0329. The van der Waals surface area contributed by atoms with Crippen molar-refractivity contribution in [3.63, 3.8) is 0 Å². The highest BCUT2D eigenvalue weighted by atomic mass is 35.5. The molecule has 1 aliphatic rings. The van der Waals surface area contributed by atoms with Crippen molar-refractivity contribution in [2.75, 3.05) is 26.2 Å². The predicted molar refractivity (Wildman–Crippen MR) is 126 cm³/mol. The molecular formula is C23H23Cl2N3O2S. The summed E-state index contributed by atoms with van der Waals surface area (Å²) in [6.07, 6.45) is 3.21. The third kappa shape index (κ3) is 5.37. The molecule has 0 saturated carbocycles. The Balaban J connectivity index is 1.20. The molecule has 3 aromatic rings. The number of hydrogen-bond acceptors (Lipinski definition) is 4. The van der Waals surface area contributed by atoms with Gasteiger partial charge in [0, 0.05) is 37.6 Å². The molecular weight excluding hydrogens is 453 g/mol. The van der Waals surface area contributed by atoms with Gasteiger partial charge < -0.3 is 9.80 Å². The number of rotatable bonds is 6. The second-order valence-corrected chi connectivity index (χ2v) is 9.54. The van der Waals surface area contributed by atoms with E-state index >= 15 is 0 Å². The van der Waals surface area contributed by atoms with Crippen LogP contribution in [0.15, 0.2) is 42.5 Å². The lowest BCUT2D eigenvalue weighted by atomic mass is 10.1. The number of para-hydroxylation sites is 1. The largest absolute Gasteiger partial charge is 0.339 e. The molecule has 5 nitrogen and oxygen atoms in total. The number of carbonyl (C=O) groups is 2. The van der Waals surface area contributed by atoms with E-state index in [0.717, 1.165) is 29.8 Å². The number of nitrogens with zero attached hydrogens (tertiary/aromatic N) is 3. The van der Waals surface area contributed by atoms with Crippen LogP contribution in [-0.2, 0) is 11.2 Å². The van der Waals surface area contributed by atoms with Gasteiger partial charge in [0.05, 0.1) is 25.8 Å². The van der Waals surface area contributed by atoms with Crippen molar-refractivity contribution >= 4 is 56.6 Å². The summed E-state index contributed by atoms with van der Waals surface area (Å²) in [4.78, 5) is 33.5. The average molecular weight is 476 g/mol. The molecule has 0 N–H and O–H groups in total. The van der Waals surface area contributed by atoms with E-state index in [4.69, 9.17) is 23.2 Å². The number of unbranched alkanes of at least 4 members (excludes halogenated alkanes) is 1. The molecule has 0 aliphatic carbocycles. The highest BCUT2D eigenvalue weighted by Gasteiger charge is 2.25. The monoisotopic (exact) mass is 475 g/mol. The Kier molecular flexibility index (Phi) is 7.10. The first kappa shape index (κ1) is 22.1. The number of benzene rings is 2. The fraction of sp³-hybridized carbons (Fsp3) is 0.348. The molecule has 2 amide bonds. The van der Waals surface area contributed by atoms with Crippen molar-refractivity contribution in [3.05, 3.63) is 63.1 Å². The molecule has 162 valence electrons. The second-order valence-electron chi connectivity index (χ2n) is 7.58. The molecule has 0 atom stereocenters. The topological polar surface area (TPSA) is 53.5 Å². The van der Waals surface area contributed by atoms with Crippen molar-refractivity contribution in [2.45, 2.75) is 25.7 Å². The lowest BCUT2D eigenvalue weighted by molar-refractivity contribution is -0.132. The Bertz CT molecular complexity index is 1060. The molecule has 2 aromatic carbocycles. The SMILES string of the molecule is O=C(CCCCc1nc2ccccc2s1)N1CCN(C(=O)c2ccc(Cl)cc2Cl)CC1. The van der Waals surface area contributed by atoms with Gasteiger partial charge in [-0.15, -0.1) is 11.3 Å². The van der Waals surface area contributed by atoms with E-state index in [2.05, 4.69) is 11.1 Å². The van der Waals surface area contributed by atoms with Crippen LogP contribution in [0.25, 0.3) is 10.2 Å². The molecule has 1 fully saturated rings. The van der Waals surface area contributed by atoms with Crippen molar-refractivity contribution < 1.29 is 9.59 Å². The molecule has 0 bridgehead atoms. The van der Waals surface area contributed by atoms with Crippen LogP contribution in [0, 0.1) is 0 Å². The Morgan fingerprint density at radius 3 is 2.45 bits per heavy atom. The van der Waals surface area contributed by atoms with Gasteiger partial charge in [0.2, 0.25) is 5.91 Å². The number of thiazole rings is 1. The molecule has 8 heteroatoms. The fourth-order valence-electron chi connectivity index (χ4n) is 3.73. The minimum atomic E-state index is -0.121. The zero-order valence-corrected chi connectivity index (χ0v) is 19.3. The molecule has 1 aliphatic heterocycles. The summed E-state index contributed by atoms with van der Waals surface area (Å²) in [5, 5.41) is 1.98. The van der Waals surface area contributed by atoms with Crippen LogP contribution in [0.4, 0.5) is 0 Å². The number of fused-ring (bicyclic) bond motifs is 1. The maximum atomic E-state index is 12.7. The van der Waals surface area contributed by atoms with Gasteiger partial charge in [-0.2, -0.15) is 0 Å². The number of piperazine rings is 1. The van der Waals surface area contributed by atoms with E-state index in [1.807, 2.05) is 23.1 Å². The van der Waals surface area contributed by atoms with Crippen LogP contribution < -0.4 is 0 Å². The van der Waals surface area contributed by atoms with E-state index in [9.17, 15) is 9.59 Å². The van der Waals surface area contributed by atoms with E-state index in [1.54, 1.807) is 34.4 Å². The predicted octanol–water partition coefficient (Wildman–Crippen LogP) is 5.30. The van der Waals surface area contributed by atoms with Crippen LogP contribution in [0.1, 0.15) is 34.6 Å². The van der Waals surface area contributed by atoms with Crippen LogP contribution in [0.2, 0.25) is 10.0 Å². The standard InChI is InChI=1S/C23H23Cl2N3O2S/c24-16-9-10-17(18(25)15-16)23(30)28-13-11-27(12-14-28)22(29)8-4-3-7-21-26-19-5-1-2-6-20(19)31-21/h1-2,5-6,9-10,15H,3-4,7-8,11-14H2. The van der Waals surface area contributed by atoms with E-state index in [-0.39, 0.29) is 11.8 Å². The number of carbonyl (C=O) groups excluding carboxylic acids is 2. The van der Waals surface area contributed by atoms with E-state index < -0.39 is 0 Å². The quantitative estimate of drug-likeness (QED) is 0.454. The lowest BCUT2D eigenvalue weighted by Gasteiger charge is -2.35. The van der Waals surface area contributed by atoms with Gasteiger partial charge in [-0.1, -0.05) is 35.3 Å². The minimum Gasteiger partial charge on any atom is -0.339 e. The first-order chi connectivity index (χ1) is 15.0. The second kappa shape index (κ2) is 9.98. The summed E-state index contributed by atoms with van der Waals surface area (Å²) >= 11 is 13.8. The van der Waals surface area contributed by atoms with Crippen molar-refractivity contribution in [3.8, 4) is 0 Å². The molecule has 4 rings (SSSR count). The smallest absolute Gasteiger partial charge is 0.255 e. The number of halogens is 2. The van der Waals surface area contributed by atoms with Crippen LogP contribution in [-0.4, -0.2) is 52.8 Å². The minimum absolute atomic E-state index is 0.121. The Labute approximate surface area is 195 Å². The van der Waals surface area contributed by atoms with Gasteiger partial charge in [0.1, 0.15) is 0 Å². The Morgan fingerprint density at radius 1 is 0.968 bits per heavy atom. The summed E-state index contributed by atoms with van der Waals surface area (Å²) in [6.45, 7) is 2.12. The molecule has 0 spiro atoms. The zero-order valence-electron chi connectivity index (χ0n) is 17.0. The summed E-state index contributed by atoms with van der Waals surface area (Å²) in [7, 11) is 0. The van der Waals surface area contributed by atoms with Crippen LogP contribution >= 0.6 is 34.5 Å². The maximum Gasteiger partial charge on any atom is 0.255 e. The van der Waals surface area contributed by atoms with Gasteiger partial charge in [-0.05, 0) is 49.6 Å². The number of amides is 2. The highest BCUT2D eigenvalue weighted by molar-refractivity contribution is 7.18. The summed E-state index contributed by atoms with van der Waals surface area (Å²) < 4.78 is 1.21. The molecule has 0 radical (unpaired) electrons. The van der Waals surface area contributed by atoms with Crippen molar-refractivity contribution in [1.82, 2.24) is 14.8 Å². The molecule has 1 saturated heterocycles. The van der Waals surface area contributed by atoms with E-state index in [0.29, 0.717) is 48.2 Å². The lowest BCUT2D eigenvalue weighted by Crippen LogP contribution is -2.50. The fourth-order valence-corrected chi connectivity index (χ4v) is 5.23. The molecule has 31 heavy (non-hydrogen) atoms. The molecule has 1 aromatic heterocycles. The number of aryl methyl sites for hydroxylation is 1. The van der Waals surface area contributed by atoms with Gasteiger partial charge in [0.15, 0.2) is 0 Å². The third-order valence-electron chi connectivity index (χ3n) is 5.45. The number of hydrogen-bond donors (Lipinski definition) is 0. The maximum absolute atomic E-state index is 12.7. The van der Waals surface area contributed by atoms with Crippen molar-refractivity contribution in [1.29, 1.82) is 0 Å². The summed E-state index contributed by atoms with van der Waals surface area (Å²) in [5.41, 5.74) is 1.49. The average Bonchev–Trinajstić information content (AvgIpc) is 3.19. The summed E-state index contributed by atoms with van der Waals surface area (Å²) in [6, 6.07) is 13.0. The molecule has 0 unspecified atom stereocenters. The van der Waals surface area contributed by atoms with Gasteiger partial charge in [0.25, 0.3) is 5.91 Å². The van der Waals surface area contributed by atoms with Gasteiger partial charge in [-0.3, -0.25) is 9.59 Å². The van der Waals surface area contributed by atoms with E-state index in [1.165, 1.54) is 4.70 Å². The first-order valence-corrected chi connectivity index (χ1v) is 11.9. The number of aromatic nitrogens is 1. The van der Waals surface area contributed by atoms with Crippen LogP contribution in [0.3, 0.4) is 0 Å². The van der Waals surface area contributed by atoms with Crippen LogP contribution in [0.5, 0.6) is 0 Å². The van der Waals surface area contributed by atoms with Gasteiger partial charge >= 0.3 is 0 Å². The zero-order chi connectivity index (χ0) is 21.8.